The molecule has 27 heavy (non-hydrogen) atoms. The van der Waals surface area contributed by atoms with Gasteiger partial charge in [0.1, 0.15) is 10.0 Å². The van der Waals surface area contributed by atoms with Crippen molar-refractivity contribution in [3.8, 4) is 5.88 Å². The fraction of sp³-hybridized carbons (Fsp3) is 0.250. The van der Waals surface area contributed by atoms with Gasteiger partial charge in [-0.25, -0.2) is 0 Å². The number of nitrogens with zero attached hydrogens (tertiary/aromatic N) is 1. The highest BCUT2D eigenvalue weighted by Crippen LogP contribution is 2.36. The highest BCUT2D eigenvalue weighted by molar-refractivity contribution is 8.13. The number of carbonyl (C=O) groups excluding carboxylic acids is 1. The summed E-state index contributed by atoms with van der Waals surface area (Å²) in [6.07, 6.45) is -5.58. The Morgan fingerprint density at radius 3 is 2.63 bits per heavy atom. The van der Waals surface area contributed by atoms with Crippen molar-refractivity contribution in [1.29, 1.82) is 0 Å². The molecule has 11 heteroatoms. The summed E-state index contributed by atoms with van der Waals surface area (Å²) >= 11 is 12.2. The third-order valence-corrected chi connectivity index (χ3v) is 5.12. The first-order chi connectivity index (χ1) is 12.5. The monoisotopic (exact) mass is 442 g/mol. The molecule has 146 valence electrons. The van der Waals surface area contributed by atoms with Gasteiger partial charge in [0.15, 0.2) is 6.10 Å². The highest BCUT2D eigenvalue weighted by atomic mass is 35.5. The van der Waals surface area contributed by atoms with E-state index in [0.29, 0.717) is 5.56 Å². The van der Waals surface area contributed by atoms with Crippen molar-refractivity contribution in [2.24, 2.45) is 0 Å². The van der Waals surface area contributed by atoms with Gasteiger partial charge in [-0.2, -0.15) is 22.5 Å². The van der Waals surface area contributed by atoms with Gasteiger partial charge in [0.2, 0.25) is 16.9 Å². The molecule has 0 radical (unpaired) electrons. The third-order valence-electron chi connectivity index (χ3n) is 3.30. The Kier molecular flexibility index (Phi) is 6.82. The molecule has 0 bridgehead atoms. The summed E-state index contributed by atoms with van der Waals surface area (Å²) in [5.74, 6) is -1.52. The van der Waals surface area contributed by atoms with E-state index in [-0.39, 0.29) is 16.5 Å². The second-order valence-corrected chi connectivity index (χ2v) is 7.05. The van der Waals surface area contributed by atoms with Gasteiger partial charge in [0, 0.05) is 5.75 Å². The number of hydrogen-bond acceptors (Lipinski definition) is 5. The van der Waals surface area contributed by atoms with Crippen molar-refractivity contribution in [3.63, 3.8) is 0 Å². The van der Waals surface area contributed by atoms with E-state index in [2.05, 4.69) is 4.98 Å². The molecule has 0 spiro atoms. The van der Waals surface area contributed by atoms with E-state index in [1.807, 2.05) is 0 Å². The molecule has 2 rings (SSSR count). The number of aromatic nitrogens is 1. The number of halogens is 6. The van der Waals surface area contributed by atoms with Crippen molar-refractivity contribution in [1.82, 2.24) is 4.98 Å². The zero-order valence-corrected chi connectivity index (χ0v) is 15.9. The van der Waals surface area contributed by atoms with Crippen LogP contribution in [-0.4, -0.2) is 16.2 Å². The van der Waals surface area contributed by atoms with E-state index < -0.39 is 39.8 Å². The Morgan fingerprint density at radius 1 is 1.33 bits per heavy atom. The minimum atomic E-state index is -4.47. The van der Waals surface area contributed by atoms with E-state index in [4.69, 9.17) is 33.7 Å². The first-order valence-electron chi connectivity index (χ1n) is 7.30. The topological polar surface area (TPSA) is 65.2 Å². The molecule has 0 saturated carbocycles. The molecule has 1 aromatic heterocycles. The van der Waals surface area contributed by atoms with E-state index in [0.717, 1.165) is 23.9 Å². The molecule has 2 aromatic rings. The highest BCUT2D eigenvalue weighted by Gasteiger charge is 2.30. The average Bonchev–Trinajstić information content (AvgIpc) is 2.61. The lowest BCUT2D eigenvalue weighted by atomic mass is 10.1. The van der Waals surface area contributed by atoms with Crippen LogP contribution in [-0.2, 0) is 16.7 Å². The van der Waals surface area contributed by atoms with Gasteiger partial charge in [0.25, 0.3) is 0 Å². The molecule has 0 aliphatic rings. The van der Waals surface area contributed by atoms with Crippen LogP contribution >= 0.6 is 35.0 Å². The summed E-state index contributed by atoms with van der Waals surface area (Å²) in [5, 5.41) is -1.23. The maximum Gasteiger partial charge on any atom is 0.416 e. The first-order valence-corrected chi connectivity index (χ1v) is 9.04. The lowest BCUT2D eigenvalue weighted by Crippen LogP contribution is -2.22. The van der Waals surface area contributed by atoms with Gasteiger partial charge in [-0.3, -0.25) is 4.79 Å². The number of pyridine rings is 1. The lowest BCUT2D eigenvalue weighted by Gasteiger charge is -2.15. The van der Waals surface area contributed by atoms with Gasteiger partial charge in [-0.15, -0.1) is 0 Å². The van der Waals surface area contributed by atoms with Gasteiger partial charge in [-0.1, -0.05) is 53.2 Å². The molecule has 0 saturated heterocycles. The SMILES string of the molecule is C[C@@H](Oc1nc(F)c(Cl)c(N)c1Cl)C(=O)SCc1cccc(C(F)(F)F)c1. The van der Waals surface area contributed by atoms with Crippen molar-refractivity contribution >= 4 is 45.8 Å². The predicted octanol–water partition coefficient (Wildman–Crippen LogP) is 5.36. The van der Waals surface area contributed by atoms with Crippen molar-refractivity contribution in [2.45, 2.75) is 25.0 Å². The van der Waals surface area contributed by atoms with Crippen LogP contribution < -0.4 is 10.5 Å². The van der Waals surface area contributed by atoms with E-state index >= 15 is 0 Å². The van der Waals surface area contributed by atoms with Crippen LogP contribution in [0.3, 0.4) is 0 Å². The Labute approximate surface area is 166 Å². The zero-order valence-electron chi connectivity index (χ0n) is 13.6. The van der Waals surface area contributed by atoms with Crippen molar-refractivity contribution in [2.75, 3.05) is 5.73 Å². The fourth-order valence-electron chi connectivity index (χ4n) is 1.91. The summed E-state index contributed by atoms with van der Waals surface area (Å²) in [6, 6.07) is 4.62. The van der Waals surface area contributed by atoms with Crippen LogP contribution in [0.1, 0.15) is 18.1 Å². The number of anilines is 1. The molecular formula is C16H12Cl2F4N2O2S. The van der Waals surface area contributed by atoms with Crippen LogP contribution in [0.25, 0.3) is 0 Å². The molecule has 1 aromatic carbocycles. The molecule has 0 aliphatic carbocycles. The first kappa shape index (κ1) is 21.6. The van der Waals surface area contributed by atoms with Gasteiger partial charge in [0.05, 0.1) is 11.3 Å². The normalized spacial score (nSPS) is 12.7. The van der Waals surface area contributed by atoms with Gasteiger partial charge >= 0.3 is 6.18 Å². The van der Waals surface area contributed by atoms with Crippen LogP contribution in [0.4, 0.5) is 23.2 Å². The molecule has 2 N–H and O–H groups in total. The van der Waals surface area contributed by atoms with Crippen LogP contribution in [0.5, 0.6) is 5.88 Å². The average molecular weight is 443 g/mol. The van der Waals surface area contributed by atoms with Crippen LogP contribution in [0.2, 0.25) is 10.0 Å². The maximum absolute atomic E-state index is 13.5. The summed E-state index contributed by atoms with van der Waals surface area (Å²) in [5.41, 5.74) is 4.74. The smallest absolute Gasteiger partial charge is 0.416 e. The minimum absolute atomic E-state index is 0.00523. The van der Waals surface area contributed by atoms with Crippen LogP contribution in [0, 0.1) is 5.95 Å². The second kappa shape index (κ2) is 8.53. The minimum Gasteiger partial charge on any atom is -0.464 e. The number of thioether (sulfide) groups is 1. The lowest BCUT2D eigenvalue weighted by molar-refractivity contribution is -0.137. The second-order valence-electron chi connectivity index (χ2n) is 5.32. The quantitative estimate of drug-likeness (QED) is 0.498. The Bertz CT molecular complexity index is 865. The number of ether oxygens (including phenoxy) is 1. The van der Waals surface area contributed by atoms with E-state index in [9.17, 15) is 22.4 Å². The summed E-state index contributed by atoms with van der Waals surface area (Å²) < 4.78 is 56.9. The summed E-state index contributed by atoms with van der Waals surface area (Å²) in [6.45, 7) is 1.36. The van der Waals surface area contributed by atoms with E-state index in [1.54, 1.807) is 0 Å². The summed E-state index contributed by atoms with van der Waals surface area (Å²) in [4.78, 5) is 15.5. The predicted molar refractivity (Wildman–Crippen MR) is 96.5 cm³/mol. The van der Waals surface area contributed by atoms with E-state index in [1.165, 1.54) is 19.1 Å². The Balaban J connectivity index is 2.03. The summed E-state index contributed by atoms with van der Waals surface area (Å²) in [7, 11) is 0. The Morgan fingerprint density at radius 2 is 2.00 bits per heavy atom. The number of hydrogen-bond donors (Lipinski definition) is 1. The van der Waals surface area contributed by atoms with Crippen molar-refractivity contribution < 1.29 is 27.1 Å². The molecular weight excluding hydrogens is 431 g/mol. The molecule has 0 amide bonds. The number of nitrogen functional groups attached to an aromatic ring is 1. The molecule has 4 nitrogen and oxygen atoms in total. The van der Waals surface area contributed by atoms with Crippen LogP contribution in [0.15, 0.2) is 24.3 Å². The molecule has 0 aliphatic heterocycles. The zero-order chi connectivity index (χ0) is 20.4. The largest absolute Gasteiger partial charge is 0.464 e. The third kappa shape index (κ3) is 5.40. The Hall–Kier alpha value is -1.71. The molecule has 1 atom stereocenters. The van der Waals surface area contributed by atoms with Gasteiger partial charge in [-0.05, 0) is 18.6 Å². The number of nitrogens with two attached hydrogens (primary N) is 1. The fourth-order valence-corrected chi connectivity index (χ4v) is 3.05. The molecule has 1 heterocycles. The molecule has 0 unspecified atom stereocenters. The number of rotatable bonds is 5. The standard InChI is InChI=1S/C16H12Cl2F4N2O2S/c1-7(26-14-11(18)12(23)10(17)13(19)24-14)15(25)27-6-8-3-2-4-9(5-8)16(20,21)22/h2-5,7H,6H2,1H3,(H2,23,24)/t7-/m1/s1. The van der Waals surface area contributed by atoms with Gasteiger partial charge < -0.3 is 10.5 Å². The number of benzene rings is 1. The maximum atomic E-state index is 13.5. The van der Waals surface area contributed by atoms with Crippen molar-refractivity contribution in [3.05, 3.63) is 51.4 Å². The number of carbonyl (C=O) groups is 1. The molecule has 0 fully saturated rings. The number of alkyl halides is 3.